The molecule has 0 spiro atoms. The average Bonchev–Trinajstić information content (AvgIpc) is 3.20. The van der Waals surface area contributed by atoms with Gasteiger partial charge in [-0.1, -0.05) is 6.58 Å². The Kier molecular flexibility index (Phi) is 3.72. The first-order valence-corrected chi connectivity index (χ1v) is 8.05. The highest BCUT2D eigenvalue weighted by atomic mass is 16.5. The van der Waals surface area contributed by atoms with Gasteiger partial charge in [-0.25, -0.2) is 9.50 Å². The van der Waals surface area contributed by atoms with Crippen molar-refractivity contribution in [2.45, 2.75) is 25.0 Å². The summed E-state index contributed by atoms with van der Waals surface area (Å²) in [7, 11) is 1.86. The highest BCUT2D eigenvalue weighted by Crippen LogP contribution is 2.29. The van der Waals surface area contributed by atoms with Crippen LogP contribution in [0.5, 0.6) is 5.88 Å². The third-order valence-electron chi connectivity index (χ3n) is 4.26. The minimum absolute atomic E-state index is 0.0189. The lowest BCUT2D eigenvalue weighted by Crippen LogP contribution is -2.48. The van der Waals surface area contributed by atoms with Crippen molar-refractivity contribution in [2.75, 3.05) is 0 Å². The molecule has 25 heavy (non-hydrogen) atoms. The molecular formula is C17H18N6O2. The monoisotopic (exact) mass is 338 g/mol. The van der Waals surface area contributed by atoms with Crippen molar-refractivity contribution >= 4 is 11.4 Å². The predicted octanol–water partition coefficient (Wildman–Crippen LogP) is 1.34. The minimum Gasteiger partial charge on any atom is -0.473 e. The number of nitrogens with zero attached hydrogens (tertiary/aromatic N) is 5. The summed E-state index contributed by atoms with van der Waals surface area (Å²) in [6, 6.07) is 1.99. The van der Waals surface area contributed by atoms with E-state index in [2.05, 4.69) is 27.1 Å². The number of fused-ring (bicyclic) bond motifs is 1. The third-order valence-corrected chi connectivity index (χ3v) is 4.26. The zero-order valence-electron chi connectivity index (χ0n) is 13.8. The van der Waals surface area contributed by atoms with Crippen LogP contribution < -0.4 is 10.1 Å². The first kappa shape index (κ1) is 15.4. The van der Waals surface area contributed by atoms with Crippen LogP contribution in [0.2, 0.25) is 0 Å². The van der Waals surface area contributed by atoms with Crippen LogP contribution in [0.4, 0.5) is 0 Å². The van der Waals surface area contributed by atoms with Gasteiger partial charge in [0.2, 0.25) is 11.8 Å². The van der Waals surface area contributed by atoms with E-state index in [9.17, 15) is 4.79 Å². The quantitative estimate of drug-likeness (QED) is 0.710. The number of aromatic nitrogens is 5. The van der Waals surface area contributed by atoms with Gasteiger partial charge >= 0.3 is 0 Å². The van der Waals surface area contributed by atoms with E-state index in [1.807, 2.05) is 25.5 Å². The van der Waals surface area contributed by atoms with Crippen molar-refractivity contribution < 1.29 is 9.53 Å². The number of rotatable bonds is 5. The van der Waals surface area contributed by atoms with Crippen LogP contribution in [0.15, 0.2) is 43.5 Å². The second kappa shape index (κ2) is 6.04. The molecule has 1 aliphatic rings. The smallest absolute Gasteiger partial charge is 0.243 e. The van der Waals surface area contributed by atoms with E-state index in [4.69, 9.17) is 4.74 Å². The predicted molar refractivity (Wildman–Crippen MR) is 91.0 cm³/mol. The molecule has 0 saturated heterocycles. The third kappa shape index (κ3) is 2.98. The molecule has 0 atom stereocenters. The fourth-order valence-electron chi connectivity index (χ4n) is 2.87. The molecule has 1 amide bonds. The summed E-state index contributed by atoms with van der Waals surface area (Å²) < 4.78 is 9.54. The van der Waals surface area contributed by atoms with Crippen LogP contribution in [0, 0.1) is 0 Å². The lowest BCUT2D eigenvalue weighted by molar-refractivity contribution is -0.118. The molecule has 1 saturated carbocycles. The molecule has 1 N–H and O–H groups in total. The SMILES string of the molecule is C=CC(=O)NC1CC(Oc2nc(-c3cnn(C)c3)cn3nccc23)C1. The summed E-state index contributed by atoms with van der Waals surface area (Å²) in [6.07, 6.45) is 10.0. The Morgan fingerprint density at radius 2 is 2.24 bits per heavy atom. The Labute approximate surface area is 144 Å². The Bertz CT molecular complexity index is 938. The highest BCUT2D eigenvalue weighted by Gasteiger charge is 2.32. The van der Waals surface area contributed by atoms with Crippen LogP contribution in [0.1, 0.15) is 12.8 Å². The van der Waals surface area contributed by atoms with E-state index >= 15 is 0 Å². The van der Waals surface area contributed by atoms with E-state index in [1.54, 1.807) is 21.6 Å². The fraction of sp³-hybridized carbons (Fsp3) is 0.294. The van der Waals surface area contributed by atoms with Gasteiger partial charge in [0, 0.05) is 37.7 Å². The van der Waals surface area contributed by atoms with Gasteiger partial charge in [0.1, 0.15) is 11.6 Å². The summed E-state index contributed by atoms with van der Waals surface area (Å²) in [4.78, 5) is 16.0. The molecule has 0 bridgehead atoms. The van der Waals surface area contributed by atoms with E-state index in [0.29, 0.717) is 5.88 Å². The molecule has 3 aromatic heterocycles. The number of carbonyl (C=O) groups is 1. The zero-order valence-corrected chi connectivity index (χ0v) is 13.8. The maximum Gasteiger partial charge on any atom is 0.243 e. The van der Waals surface area contributed by atoms with Gasteiger partial charge in [-0.05, 0) is 12.1 Å². The summed E-state index contributed by atoms with van der Waals surface area (Å²) in [6.45, 7) is 3.46. The van der Waals surface area contributed by atoms with E-state index in [0.717, 1.165) is 29.6 Å². The van der Waals surface area contributed by atoms with E-state index < -0.39 is 0 Å². The van der Waals surface area contributed by atoms with Gasteiger partial charge in [0.25, 0.3) is 0 Å². The van der Waals surface area contributed by atoms with Gasteiger partial charge in [-0.2, -0.15) is 10.2 Å². The van der Waals surface area contributed by atoms with Crippen molar-refractivity contribution in [3.8, 4) is 17.1 Å². The number of nitrogens with one attached hydrogen (secondary N) is 1. The van der Waals surface area contributed by atoms with Crippen molar-refractivity contribution in [1.82, 2.24) is 29.7 Å². The molecule has 3 heterocycles. The molecule has 0 aromatic carbocycles. The first-order chi connectivity index (χ1) is 12.1. The number of carbonyl (C=O) groups excluding carboxylic acids is 1. The van der Waals surface area contributed by atoms with Crippen LogP contribution in [0.25, 0.3) is 16.8 Å². The van der Waals surface area contributed by atoms with Gasteiger partial charge in [-0.15, -0.1) is 0 Å². The maximum atomic E-state index is 11.3. The van der Waals surface area contributed by atoms with Crippen molar-refractivity contribution in [3.05, 3.63) is 43.5 Å². The highest BCUT2D eigenvalue weighted by molar-refractivity contribution is 5.87. The maximum absolute atomic E-state index is 11.3. The second-order valence-corrected chi connectivity index (χ2v) is 6.12. The standard InChI is InChI=1S/C17H18N6O2/c1-3-16(24)20-12-6-13(7-12)25-17-15-4-5-18-23(15)10-14(21-17)11-8-19-22(2)9-11/h3-5,8-10,12-13H,1,6-7H2,2H3,(H,20,24). The Balaban J connectivity index is 1.54. The van der Waals surface area contributed by atoms with Crippen molar-refractivity contribution in [3.63, 3.8) is 0 Å². The van der Waals surface area contributed by atoms with Crippen LogP contribution in [-0.4, -0.2) is 42.4 Å². The largest absolute Gasteiger partial charge is 0.473 e. The molecule has 8 heteroatoms. The normalized spacial score (nSPS) is 19.4. The molecular weight excluding hydrogens is 320 g/mol. The van der Waals surface area contributed by atoms with E-state index in [-0.39, 0.29) is 18.1 Å². The Morgan fingerprint density at radius 1 is 1.40 bits per heavy atom. The zero-order chi connectivity index (χ0) is 17.4. The first-order valence-electron chi connectivity index (χ1n) is 8.05. The lowest BCUT2D eigenvalue weighted by Gasteiger charge is -2.35. The van der Waals surface area contributed by atoms with Gasteiger partial charge in [0.05, 0.1) is 24.3 Å². The molecule has 0 radical (unpaired) electrons. The number of ether oxygens (including phenoxy) is 1. The molecule has 4 rings (SSSR count). The van der Waals surface area contributed by atoms with Crippen LogP contribution in [-0.2, 0) is 11.8 Å². The molecule has 8 nitrogen and oxygen atoms in total. The molecule has 128 valence electrons. The van der Waals surface area contributed by atoms with E-state index in [1.165, 1.54) is 6.08 Å². The van der Waals surface area contributed by atoms with Crippen LogP contribution in [0.3, 0.4) is 0 Å². The summed E-state index contributed by atoms with van der Waals surface area (Å²) in [5.41, 5.74) is 2.45. The topological polar surface area (TPSA) is 86.3 Å². The molecule has 0 aliphatic heterocycles. The average molecular weight is 338 g/mol. The summed E-state index contributed by atoms with van der Waals surface area (Å²) in [5.74, 6) is 0.385. The van der Waals surface area contributed by atoms with Gasteiger partial charge in [-0.3, -0.25) is 9.48 Å². The Morgan fingerprint density at radius 3 is 2.96 bits per heavy atom. The molecule has 0 unspecified atom stereocenters. The number of aryl methyl sites for hydroxylation is 1. The van der Waals surface area contributed by atoms with Gasteiger partial charge < -0.3 is 10.1 Å². The number of hydrogen-bond donors (Lipinski definition) is 1. The van der Waals surface area contributed by atoms with Crippen LogP contribution >= 0.6 is 0 Å². The molecule has 1 aliphatic carbocycles. The Hall–Kier alpha value is -3.16. The second-order valence-electron chi connectivity index (χ2n) is 6.12. The molecule has 3 aromatic rings. The van der Waals surface area contributed by atoms with Crippen molar-refractivity contribution in [2.24, 2.45) is 7.05 Å². The summed E-state index contributed by atoms with van der Waals surface area (Å²) >= 11 is 0. The lowest BCUT2D eigenvalue weighted by atomic mass is 9.89. The fourth-order valence-corrected chi connectivity index (χ4v) is 2.87. The number of amides is 1. The van der Waals surface area contributed by atoms with Crippen molar-refractivity contribution in [1.29, 1.82) is 0 Å². The minimum atomic E-state index is -0.154. The number of hydrogen-bond acceptors (Lipinski definition) is 5. The summed E-state index contributed by atoms with van der Waals surface area (Å²) in [5, 5.41) is 11.3. The van der Waals surface area contributed by atoms with Gasteiger partial charge in [0.15, 0.2) is 0 Å². The molecule has 1 fully saturated rings.